The lowest BCUT2D eigenvalue weighted by atomic mass is 10.1. The van der Waals surface area contributed by atoms with Crippen LogP contribution in [0.3, 0.4) is 0 Å². The van der Waals surface area contributed by atoms with Crippen molar-refractivity contribution in [3.8, 4) is 0 Å². The molecule has 0 unspecified atom stereocenters. The third-order valence-electron chi connectivity index (χ3n) is 4.20. The Kier molecular flexibility index (Phi) is 4.07. The van der Waals surface area contributed by atoms with Crippen LogP contribution in [0, 0.1) is 5.82 Å². The molecule has 0 spiro atoms. The van der Waals surface area contributed by atoms with Crippen LogP contribution in [0.5, 0.6) is 0 Å². The van der Waals surface area contributed by atoms with Crippen molar-refractivity contribution < 1.29 is 13.9 Å². The van der Waals surface area contributed by atoms with Crippen molar-refractivity contribution in [1.29, 1.82) is 0 Å². The lowest BCUT2D eigenvalue weighted by molar-refractivity contribution is 0.0524. The molecule has 1 fully saturated rings. The number of rotatable bonds is 3. The Hall–Kier alpha value is -2.37. The Morgan fingerprint density at radius 2 is 2.00 bits per heavy atom. The largest absolute Gasteiger partial charge is 0.462 e. The molecule has 0 radical (unpaired) electrons. The Morgan fingerprint density at radius 3 is 2.65 bits per heavy atom. The third-order valence-corrected chi connectivity index (χ3v) is 4.20. The summed E-state index contributed by atoms with van der Waals surface area (Å²) in [7, 11) is 1.73. The smallest absolute Gasteiger partial charge is 0.343 e. The molecular weight excluding hydrogens is 299 g/mol. The summed E-state index contributed by atoms with van der Waals surface area (Å²) in [5.41, 5.74) is 0.541. The maximum atomic E-state index is 14.5. The number of aromatic nitrogens is 1. The lowest BCUT2D eigenvalue weighted by Crippen LogP contribution is -2.22. The van der Waals surface area contributed by atoms with Gasteiger partial charge >= 0.3 is 5.97 Å². The van der Waals surface area contributed by atoms with Gasteiger partial charge < -0.3 is 14.2 Å². The van der Waals surface area contributed by atoms with Gasteiger partial charge in [0.1, 0.15) is 11.4 Å². The van der Waals surface area contributed by atoms with Gasteiger partial charge in [0.05, 0.1) is 17.8 Å². The molecule has 3 rings (SSSR count). The number of halogens is 1. The Bertz CT molecular complexity index is 823. The Balaban J connectivity index is 2.18. The third kappa shape index (κ3) is 2.69. The highest BCUT2D eigenvalue weighted by Crippen LogP contribution is 2.27. The molecule has 1 aliphatic heterocycles. The molecule has 0 atom stereocenters. The van der Waals surface area contributed by atoms with E-state index in [-0.39, 0.29) is 17.6 Å². The van der Waals surface area contributed by atoms with Crippen LogP contribution in [0.15, 0.2) is 23.1 Å². The average molecular weight is 318 g/mol. The molecule has 0 amide bonds. The Labute approximate surface area is 133 Å². The number of fused-ring (bicyclic) bond motifs is 1. The fourth-order valence-corrected chi connectivity index (χ4v) is 3.05. The molecule has 1 aliphatic rings. The number of anilines is 1. The summed E-state index contributed by atoms with van der Waals surface area (Å²) >= 11 is 0. The molecule has 0 aliphatic carbocycles. The summed E-state index contributed by atoms with van der Waals surface area (Å²) in [6, 6.07) is 2.92. The van der Waals surface area contributed by atoms with Crippen LogP contribution >= 0.6 is 0 Å². The van der Waals surface area contributed by atoms with Crippen LogP contribution in [0.1, 0.15) is 30.1 Å². The van der Waals surface area contributed by atoms with Gasteiger partial charge in [-0.05, 0) is 31.9 Å². The minimum Gasteiger partial charge on any atom is -0.462 e. The van der Waals surface area contributed by atoms with Gasteiger partial charge in [-0.2, -0.15) is 0 Å². The van der Waals surface area contributed by atoms with E-state index in [4.69, 9.17) is 4.74 Å². The molecule has 0 bridgehead atoms. The number of carbonyl (C=O) groups is 1. The van der Waals surface area contributed by atoms with Crippen LogP contribution in [0.4, 0.5) is 10.1 Å². The highest BCUT2D eigenvalue weighted by atomic mass is 19.1. The molecule has 0 saturated carbocycles. The molecule has 1 aromatic heterocycles. The fraction of sp³-hybridized carbons (Fsp3) is 0.412. The van der Waals surface area contributed by atoms with Gasteiger partial charge in [-0.3, -0.25) is 4.79 Å². The van der Waals surface area contributed by atoms with Gasteiger partial charge in [-0.15, -0.1) is 0 Å². The second kappa shape index (κ2) is 6.02. The highest BCUT2D eigenvalue weighted by molar-refractivity contribution is 5.94. The monoisotopic (exact) mass is 318 g/mol. The topological polar surface area (TPSA) is 51.5 Å². The molecule has 23 heavy (non-hydrogen) atoms. The summed E-state index contributed by atoms with van der Waals surface area (Å²) < 4.78 is 21.0. The number of nitrogens with zero attached hydrogens (tertiary/aromatic N) is 2. The number of ether oxygens (including phenoxy) is 1. The molecule has 2 aromatic rings. The van der Waals surface area contributed by atoms with Gasteiger partial charge in [0, 0.05) is 31.7 Å². The zero-order valence-corrected chi connectivity index (χ0v) is 13.3. The van der Waals surface area contributed by atoms with Crippen LogP contribution in [0.25, 0.3) is 10.9 Å². The van der Waals surface area contributed by atoms with E-state index in [1.54, 1.807) is 24.6 Å². The number of aryl methyl sites for hydroxylation is 1. The van der Waals surface area contributed by atoms with Crippen LogP contribution < -0.4 is 10.3 Å². The maximum absolute atomic E-state index is 14.5. The highest BCUT2D eigenvalue weighted by Gasteiger charge is 2.20. The van der Waals surface area contributed by atoms with E-state index in [0.717, 1.165) is 25.9 Å². The summed E-state index contributed by atoms with van der Waals surface area (Å²) in [5, 5.41) is 0.193. The number of carbonyl (C=O) groups excluding carboxylic acids is 1. The first-order valence-electron chi connectivity index (χ1n) is 7.78. The second-order valence-electron chi connectivity index (χ2n) is 5.72. The first-order chi connectivity index (χ1) is 11.0. The van der Waals surface area contributed by atoms with Crippen molar-refractivity contribution in [2.24, 2.45) is 7.05 Å². The molecule has 5 nitrogen and oxygen atoms in total. The Morgan fingerprint density at radius 1 is 1.30 bits per heavy atom. The normalized spacial score (nSPS) is 14.5. The zero-order chi connectivity index (χ0) is 16.6. The first-order valence-corrected chi connectivity index (χ1v) is 7.78. The van der Waals surface area contributed by atoms with Crippen LogP contribution in [0.2, 0.25) is 0 Å². The fourth-order valence-electron chi connectivity index (χ4n) is 3.05. The van der Waals surface area contributed by atoms with E-state index in [0.29, 0.717) is 11.2 Å². The molecule has 6 heteroatoms. The molecular formula is C17H19FN2O3. The van der Waals surface area contributed by atoms with Crippen molar-refractivity contribution in [3.63, 3.8) is 0 Å². The summed E-state index contributed by atoms with van der Waals surface area (Å²) in [5.74, 6) is -1.11. The SMILES string of the molecule is CCOC(=O)c1cn(C)c2cc(N3CCCC3)c(F)cc2c1=O. The summed E-state index contributed by atoms with van der Waals surface area (Å²) in [6.45, 7) is 3.49. The van der Waals surface area contributed by atoms with E-state index in [1.165, 1.54) is 12.3 Å². The molecule has 122 valence electrons. The van der Waals surface area contributed by atoms with Crippen molar-refractivity contribution >= 4 is 22.6 Å². The van der Waals surface area contributed by atoms with Gasteiger partial charge in [-0.25, -0.2) is 9.18 Å². The number of hydrogen-bond acceptors (Lipinski definition) is 4. The van der Waals surface area contributed by atoms with Crippen molar-refractivity contribution in [2.45, 2.75) is 19.8 Å². The van der Waals surface area contributed by atoms with Gasteiger partial charge in [0.2, 0.25) is 5.43 Å². The molecule has 2 heterocycles. The summed E-state index contributed by atoms with van der Waals surface area (Å²) in [4.78, 5) is 26.4. The van der Waals surface area contributed by atoms with E-state index in [2.05, 4.69) is 0 Å². The average Bonchev–Trinajstić information content (AvgIpc) is 3.04. The quantitative estimate of drug-likeness (QED) is 0.816. The second-order valence-corrected chi connectivity index (χ2v) is 5.72. The summed E-state index contributed by atoms with van der Waals surface area (Å²) in [6.07, 6.45) is 3.53. The van der Waals surface area contributed by atoms with Gasteiger partial charge in [0.25, 0.3) is 0 Å². The predicted molar refractivity (Wildman–Crippen MR) is 86.6 cm³/mol. The lowest BCUT2D eigenvalue weighted by Gasteiger charge is -2.19. The predicted octanol–water partition coefficient (Wildman–Crippen LogP) is 2.45. The van der Waals surface area contributed by atoms with Gasteiger partial charge in [-0.1, -0.05) is 0 Å². The number of esters is 1. The van der Waals surface area contributed by atoms with E-state index in [9.17, 15) is 14.0 Å². The number of pyridine rings is 1. The number of hydrogen-bond donors (Lipinski definition) is 0. The minimum atomic E-state index is -0.681. The zero-order valence-electron chi connectivity index (χ0n) is 13.3. The number of benzene rings is 1. The molecule has 1 saturated heterocycles. The standard InChI is InChI=1S/C17H19FN2O3/c1-3-23-17(22)12-10-19(2)14-9-15(20-6-4-5-7-20)13(18)8-11(14)16(12)21/h8-10H,3-7H2,1-2H3. The van der Waals surface area contributed by atoms with Crippen LogP contribution in [-0.2, 0) is 11.8 Å². The van der Waals surface area contributed by atoms with Crippen LogP contribution in [-0.4, -0.2) is 30.2 Å². The van der Waals surface area contributed by atoms with Crippen molar-refractivity contribution in [1.82, 2.24) is 4.57 Å². The van der Waals surface area contributed by atoms with E-state index in [1.807, 2.05) is 4.90 Å². The van der Waals surface area contributed by atoms with E-state index >= 15 is 0 Å². The van der Waals surface area contributed by atoms with Crippen molar-refractivity contribution in [3.05, 3.63) is 39.9 Å². The molecule has 0 N–H and O–H groups in total. The maximum Gasteiger partial charge on any atom is 0.343 e. The van der Waals surface area contributed by atoms with Gasteiger partial charge in [0.15, 0.2) is 0 Å². The first kappa shape index (κ1) is 15.5. The minimum absolute atomic E-state index is 0.0739. The van der Waals surface area contributed by atoms with E-state index < -0.39 is 17.2 Å². The molecule has 1 aromatic carbocycles. The van der Waals surface area contributed by atoms with Crippen molar-refractivity contribution in [2.75, 3.05) is 24.6 Å².